The number of hydrogen-bond acceptors (Lipinski definition) is 2. The molecule has 0 radical (unpaired) electrons. The van der Waals surface area contributed by atoms with Gasteiger partial charge in [0, 0.05) is 25.0 Å². The summed E-state index contributed by atoms with van der Waals surface area (Å²) in [6.07, 6.45) is 8.69. The molecule has 2 atom stereocenters. The van der Waals surface area contributed by atoms with Gasteiger partial charge < -0.3 is 15.6 Å². The van der Waals surface area contributed by atoms with Crippen LogP contribution in [0, 0.1) is 0 Å². The zero-order valence-electron chi connectivity index (χ0n) is 12.9. The summed E-state index contributed by atoms with van der Waals surface area (Å²) in [5.41, 5.74) is -0.247. The topological polar surface area (TPSA) is 56.9 Å². The Balaban J connectivity index is 1.57. The number of aromatic nitrogens is 1. The van der Waals surface area contributed by atoms with E-state index in [0.717, 1.165) is 31.4 Å². The van der Waals surface area contributed by atoms with Crippen molar-refractivity contribution in [3.8, 4) is 0 Å². The Bertz CT molecular complexity index is 566. The molecular weight excluding hydrogens is 281 g/mol. The van der Waals surface area contributed by atoms with Crippen LogP contribution in [0.2, 0.25) is 0 Å². The monoisotopic (exact) mass is 305 g/mol. The second-order valence-corrected chi connectivity index (χ2v) is 7.25. The lowest BCUT2D eigenvalue weighted by Crippen LogP contribution is -2.58. The Labute approximate surface area is 130 Å². The third kappa shape index (κ3) is 2.02. The van der Waals surface area contributed by atoms with Crippen LogP contribution in [0.1, 0.15) is 66.9 Å². The fraction of sp³-hybridized carbons (Fsp3) is 0.706. The molecule has 0 spiro atoms. The molecule has 1 saturated heterocycles. The van der Waals surface area contributed by atoms with Gasteiger partial charge in [-0.1, -0.05) is 12.8 Å². The number of H-pyrrole nitrogens is 1. The number of fused-ring (bicyclic) bond motifs is 1. The number of amides is 1. The molecule has 22 heavy (non-hydrogen) atoms. The van der Waals surface area contributed by atoms with Crippen LogP contribution in [0.5, 0.6) is 0 Å². The lowest BCUT2D eigenvalue weighted by molar-refractivity contribution is 0.0728. The summed E-state index contributed by atoms with van der Waals surface area (Å²) >= 11 is 0. The molecule has 4 rings (SSSR count). The SMILES string of the molecule is O=C(N[C@@]12CCC[C@]1(F)CNC2)c1cc[nH]c1C1CCCC1. The average molecular weight is 305 g/mol. The van der Waals surface area contributed by atoms with Gasteiger partial charge in [-0.05, 0) is 44.1 Å². The molecule has 1 aromatic rings. The van der Waals surface area contributed by atoms with Gasteiger partial charge in [0.1, 0.15) is 5.67 Å². The van der Waals surface area contributed by atoms with Crippen molar-refractivity contribution in [2.24, 2.45) is 0 Å². The molecular formula is C17H24FN3O. The van der Waals surface area contributed by atoms with Crippen molar-refractivity contribution in [1.82, 2.24) is 15.6 Å². The predicted octanol–water partition coefficient (Wildman–Crippen LogP) is 2.64. The molecule has 1 aromatic heterocycles. The third-order valence-electron chi connectivity index (χ3n) is 6.01. The van der Waals surface area contributed by atoms with E-state index >= 15 is 4.39 Å². The van der Waals surface area contributed by atoms with E-state index in [9.17, 15) is 4.79 Å². The number of alkyl halides is 1. The normalized spacial score (nSPS) is 35.0. The lowest BCUT2D eigenvalue weighted by atomic mass is 9.87. The predicted molar refractivity (Wildman–Crippen MR) is 82.8 cm³/mol. The largest absolute Gasteiger partial charge is 0.364 e. The number of halogens is 1. The maximum atomic E-state index is 15.1. The first-order valence-corrected chi connectivity index (χ1v) is 8.53. The third-order valence-corrected chi connectivity index (χ3v) is 6.01. The molecule has 4 nitrogen and oxygen atoms in total. The minimum absolute atomic E-state index is 0.115. The minimum atomic E-state index is -1.29. The highest BCUT2D eigenvalue weighted by Gasteiger charge is 2.59. The Hall–Kier alpha value is -1.36. The van der Waals surface area contributed by atoms with Crippen LogP contribution in [-0.2, 0) is 0 Å². The van der Waals surface area contributed by atoms with E-state index in [4.69, 9.17) is 0 Å². The second-order valence-electron chi connectivity index (χ2n) is 7.25. The van der Waals surface area contributed by atoms with E-state index in [2.05, 4.69) is 15.6 Å². The van der Waals surface area contributed by atoms with Gasteiger partial charge in [-0.3, -0.25) is 4.79 Å². The van der Waals surface area contributed by atoms with Crippen LogP contribution in [-0.4, -0.2) is 35.2 Å². The Kier molecular flexibility index (Phi) is 3.29. The van der Waals surface area contributed by atoms with Gasteiger partial charge in [-0.25, -0.2) is 4.39 Å². The molecule has 1 aliphatic heterocycles. The highest BCUT2D eigenvalue weighted by molar-refractivity contribution is 5.96. The molecule has 2 saturated carbocycles. The van der Waals surface area contributed by atoms with Gasteiger partial charge in [0.05, 0.1) is 11.1 Å². The molecule has 0 aromatic carbocycles. The number of carbonyl (C=O) groups excluding carboxylic acids is 1. The van der Waals surface area contributed by atoms with E-state index in [-0.39, 0.29) is 5.91 Å². The molecule has 3 fully saturated rings. The van der Waals surface area contributed by atoms with Crippen LogP contribution >= 0.6 is 0 Å². The molecule has 1 amide bonds. The summed E-state index contributed by atoms with van der Waals surface area (Å²) in [5, 5.41) is 6.19. The van der Waals surface area contributed by atoms with Crippen LogP contribution in [0.3, 0.4) is 0 Å². The fourth-order valence-electron chi connectivity index (χ4n) is 4.75. The van der Waals surface area contributed by atoms with Gasteiger partial charge in [0.15, 0.2) is 0 Å². The van der Waals surface area contributed by atoms with Gasteiger partial charge >= 0.3 is 0 Å². The first kappa shape index (κ1) is 14.2. The second kappa shape index (κ2) is 5.08. The summed E-state index contributed by atoms with van der Waals surface area (Å²) in [7, 11) is 0. The van der Waals surface area contributed by atoms with E-state index in [1.54, 1.807) is 0 Å². The number of nitrogens with one attached hydrogen (secondary N) is 3. The van der Waals surface area contributed by atoms with Crippen LogP contribution < -0.4 is 10.6 Å². The number of rotatable bonds is 3. The Morgan fingerprint density at radius 2 is 2.05 bits per heavy atom. The van der Waals surface area contributed by atoms with Crippen LogP contribution in [0.25, 0.3) is 0 Å². The molecule has 2 aliphatic carbocycles. The number of aromatic amines is 1. The summed E-state index contributed by atoms with van der Waals surface area (Å²) in [5.74, 6) is 0.337. The molecule has 0 unspecified atom stereocenters. The molecule has 5 heteroatoms. The summed E-state index contributed by atoms with van der Waals surface area (Å²) in [4.78, 5) is 16.0. The number of hydrogen-bond donors (Lipinski definition) is 3. The Morgan fingerprint density at radius 3 is 2.86 bits per heavy atom. The highest BCUT2D eigenvalue weighted by Crippen LogP contribution is 2.45. The molecule has 0 bridgehead atoms. The quantitative estimate of drug-likeness (QED) is 0.804. The summed E-state index contributed by atoms with van der Waals surface area (Å²) in [6.45, 7) is 0.897. The maximum Gasteiger partial charge on any atom is 0.253 e. The maximum absolute atomic E-state index is 15.1. The average Bonchev–Trinajstić information content (AvgIpc) is 3.19. The van der Waals surface area contributed by atoms with Crippen LogP contribution in [0.15, 0.2) is 12.3 Å². The van der Waals surface area contributed by atoms with Gasteiger partial charge in [0.25, 0.3) is 5.91 Å². The van der Waals surface area contributed by atoms with Crippen molar-refractivity contribution >= 4 is 5.91 Å². The van der Waals surface area contributed by atoms with Crippen molar-refractivity contribution in [3.63, 3.8) is 0 Å². The van der Waals surface area contributed by atoms with Gasteiger partial charge in [-0.15, -0.1) is 0 Å². The van der Waals surface area contributed by atoms with E-state index < -0.39 is 11.2 Å². The smallest absolute Gasteiger partial charge is 0.253 e. The zero-order valence-corrected chi connectivity index (χ0v) is 12.9. The standard InChI is InChI=1S/C17H24FN3O/c18-16-7-3-8-17(16,11-19-10-16)21-15(22)13-6-9-20-14(13)12-4-1-2-5-12/h6,9,12,19-20H,1-5,7-8,10-11H2,(H,21,22)/t16-,17+/m0/s1. The molecule has 3 aliphatic rings. The Morgan fingerprint density at radius 1 is 1.23 bits per heavy atom. The van der Waals surface area contributed by atoms with E-state index in [0.29, 0.717) is 31.0 Å². The summed E-state index contributed by atoms with van der Waals surface area (Å²) in [6, 6.07) is 1.84. The van der Waals surface area contributed by atoms with Crippen molar-refractivity contribution in [2.75, 3.05) is 13.1 Å². The lowest BCUT2D eigenvalue weighted by Gasteiger charge is -2.34. The minimum Gasteiger partial charge on any atom is -0.364 e. The van der Waals surface area contributed by atoms with Crippen molar-refractivity contribution in [1.29, 1.82) is 0 Å². The first-order valence-electron chi connectivity index (χ1n) is 8.53. The fourth-order valence-corrected chi connectivity index (χ4v) is 4.75. The first-order chi connectivity index (χ1) is 10.6. The van der Waals surface area contributed by atoms with Crippen LogP contribution in [0.4, 0.5) is 4.39 Å². The summed E-state index contributed by atoms with van der Waals surface area (Å²) < 4.78 is 15.1. The van der Waals surface area contributed by atoms with Gasteiger partial charge in [-0.2, -0.15) is 0 Å². The van der Waals surface area contributed by atoms with Crippen molar-refractivity contribution in [2.45, 2.75) is 62.1 Å². The molecule has 120 valence electrons. The van der Waals surface area contributed by atoms with Gasteiger partial charge in [0.2, 0.25) is 0 Å². The van der Waals surface area contributed by atoms with E-state index in [1.165, 1.54) is 12.8 Å². The van der Waals surface area contributed by atoms with Crippen molar-refractivity contribution in [3.05, 3.63) is 23.5 Å². The number of carbonyl (C=O) groups is 1. The molecule has 2 heterocycles. The molecule has 3 N–H and O–H groups in total. The zero-order chi connectivity index (χ0) is 15.2. The highest BCUT2D eigenvalue weighted by atomic mass is 19.1. The van der Waals surface area contributed by atoms with E-state index in [1.807, 2.05) is 12.3 Å². The van der Waals surface area contributed by atoms with Crippen molar-refractivity contribution < 1.29 is 9.18 Å².